The van der Waals surface area contributed by atoms with E-state index < -0.39 is 36.8 Å². The van der Waals surface area contributed by atoms with Crippen LogP contribution in [0, 0.1) is 5.95 Å². The summed E-state index contributed by atoms with van der Waals surface area (Å²) >= 11 is 5.73. The first kappa shape index (κ1) is 18.3. The third kappa shape index (κ3) is 4.15. The van der Waals surface area contributed by atoms with Crippen LogP contribution >= 0.6 is 11.6 Å². The third-order valence-corrected chi connectivity index (χ3v) is 3.71. The van der Waals surface area contributed by atoms with Gasteiger partial charge < -0.3 is 24.8 Å². The van der Waals surface area contributed by atoms with Gasteiger partial charge in [0, 0.05) is 10.9 Å². The van der Waals surface area contributed by atoms with E-state index in [1.807, 2.05) is 0 Å². The average Bonchev–Trinajstić information content (AvgIpc) is 2.25. The number of halogens is 2. The lowest BCUT2D eigenvalue weighted by molar-refractivity contribution is -0.0982. The second-order valence-corrected chi connectivity index (χ2v) is 6.02. The molecule has 0 aromatic carbocycles. The second kappa shape index (κ2) is 6.20. The molecular formula is C11H17B2ClFNO5. The summed E-state index contributed by atoms with van der Waals surface area (Å²) in [6.07, 6.45) is 0. The molecule has 0 saturated heterocycles. The Morgan fingerprint density at radius 2 is 1.71 bits per heavy atom. The monoisotopic (exact) mass is 319 g/mol. The molecular weight excluding hydrogens is 302 g/mol. The Hall–Kier alpha value is -0.700. The molecule has 1 aromatic heterocycles. The molecule has 0 atom stereocenters. The maximum Gasteiger partial charge on any atom is 0.494 e. The summed E-state index contributed by atoms with van der Waals surface area (Å²) in [6, 6.07) is 0.945. The van der Waals surface area contributed by atoms with Gasteiger partial charge in [0.15, 0.2) is 0 Å². The van der Waals surface area contributed by atoms with Gasteiger partial charge in [-0.05, 0) is 27.7 Å². The van der Waals surface area contributed by atoms with Crippen LogP contribution in [0.1, 0.15) is 27.7 Å². The zero-order valence-electron chi connectivity index (χ0n) is 12.1. The van der Waals surface area contributed by atoms with Crippen LogP contribution in [0.15, 0.2) is 6.07 Å². The van der Waals surface area contributed by atoms with Gasteiger partial charge in [0.1, 0.15) is 5.15 Å². The zero-order valence-corrected chi connectivity index (χ0v) is 12.9. The Labute approximate surface area is 127 Å². The molecule has 0 bridgehead atoms. The Kier molecular flexibility index (Phi) is 5.41. The molecule has 4 N–H and O–H groups in total. The van der Waals surface area contributed by atoms with Crippen molar-refractivity contribution in [1.82, 2.24) is 4.98 Å². The van der Waals surface area contributed by atoms with Crippen LogP contribution in [0.5, 0.6) is 0 Å². The number of hydrogen-bond acceptors (Lipinski definition) is 6. The molecule has 0 aliphatic heterocycles. The molecule has 1 heterocycles. The lowest BCUT2D eigenvalue weighted by Crippen LogP contribution is -2.54. The fourth-order valence-corrected chi connectivity index (χ4v) is 1.57. The Balaban J connectivity index is 3.14. The van der Waals surface area contributed by atoms with Gasteiger partial charge in [-0.2, -0.15) is 4.39 Å². The van der Waals surface area contributed by atoms with Crippen molar-refractivity contribution in [2.45, 2.75) is 38.9 Å². The highest BCUT2D eigenvalue weighted by atomic mass is 35.5. The van der Waals surface area contributed by atoms with Gasteiger partial charge in [0.05, 0.1) is 11.2 Å². The Morgan fingerprint density at radius 1 is 1.19 bits per heavy atom. The van der Waals surface area contributed by atoms with Crippen LogP contribution in [0.4, 0.5) is 4.39 Å². The zero-order chi connectivity index (χ0) is 16.6. The quantitative estimate of drug-likeness (QED) is 0.402. The van der Waals surface area contributed by atoms with Crippen molar-refractivity contribution in [3.8, 4) is 0 Å². The van der Waals surface area contributed by atoms with Crippen LogP contribution in [0.2, 0.25) is 5.15 Å². The minimum atomic E-state index is -2.11. The fraction of sp³-hybridized carbons (Fsp3) is 0.545. The lowest BCUT2D eigenvalue weighted by atomic mass is 9.72. The highest BCUT2D eigenvalue weighted by molar-refractivity contribution is 6.65. The summed E-state index contributed by atoms with van der Waals surface area (Å²) in [5.74, 6) is -1.16. The Morgan fingerprint density at radius 3 is 2.14 bits per heavy atom. The molecule has 0 fully saturated rings. The molecule has 0 amide bonds. The molecule has 10 heteroatoms. The maximum atomic E-state index is 13.4. The number of nitrogens with zero attached hydrogens (tertiary/aromatic N) is 1. The number of aromatic nitrogens is 1. The highest BCUT2D eigenvalue weighted by Gasteiger charge is 2.40. The summed E-state index contributed by atoms with van der Waals surface area (Å²) in [7, 11) is -3.74. The van der Waals surface area contributed by atoms with E-state index in [1.54, 1.807) is 13.8 Å². The molecule has 0 aliphatic rings. The SMILES string of the molecule is CC(C)(O)C(C)(C)OB(O)c1cc(B(O)O)c(F)nc1Cl. The summed E-state index contributed by atoms with van der Waals surface area (Å²) in [4.78, 5) is 3.28. The van der Waals surface area contributed by atoms with Crippen molar-refractivity contribution in [3.63, 3.8) is 0 Å². The van der Waals surface area contributed by atoms with E-state index >= 15 is 0 Å². The fourth-order valence-electron chi connectivity index (χ4n) is 1.34. The molecule has 0 radical (unpaired) electrons. The standard InChI is InChI=1S/C11H17B2ClFNO5/c1-10(2,17)11(3,4)21-13(20)6-5-7(12(18)19)9(15)16-8(6)14/h5,17-20H,1-4H3. The van der Waals surface area contributed by atoms with Gasteiger partial charge in [-0.25, -0.2) is 4.98 Å². The second-order valence-electron chi connectivity index (χ2n) is 5.66. The van der Waals surface area contributed by atoms with E-state index in [9.17, 15) is 14.5 Å². The van der Waals surface area contributed by atoms with E-state index in [-0.39, 0.29) is 10.6 Å². The van der Waals surface area contributed by atoms with E-state index in [0.717, 1.165) is 6.07 Å². The van der Waals surface area contributed by atoms with Crippen molar-refractivity contribution in [2.24, 2.45) is 0 Å². The number of pyridine rings is 1. The van der Waals surface area contributed by atoms with Crippen molar-refractivity contribution in [2.75, 3.05) is 0 Å². The number of aliphatic hydroxyl groups is 1. The van der Waals surface area contributed by atoms with Gasteiger partial charge >= 0.3 is 14.2 Å². The molecule has 0 saturated carbocycles. The minimum Gasteiger partial charge on any atom is -0.423 e. The average molecular weight is 319 g/mol. The maximum absolute atomic E-state index is 13.4. The van der Waals surface area contributed by atoms with Crippen LogP contribution in [-0.2, 0) is 4.65 Å². The molecule has 1 aromatic rings. The third-order valence-electron chi connectivity index (χ3n) is 3.41. The number of rotatable bonds is 5. The smallest absolute Gasteiger partial charge is 0.423 e. The first-order valence-electron chi connectivity index (χ1n) is 6.17. The molecule has 21 heavy (non-hydrogen) atoms. The molecule has 116 valence electrons. The van der Waals surface area contributed by atoms with E-state index in [2.05, 4.69) is 4.98 Å². The minimum absolute atomic E-state index is 0.140. The summed E-state index contributed by atoms with van der Waals surface area (Å²) in [6.45, 7) is 6.08. The van der Waals surface area contributed by atoms with Crippen molar-refractivity contribution < 1.29 is 29.2 Å². The van der Waals surface area contributed by atoms with Gasteiger partial charge in [-0.3, -0.25) is 0 Å². The van der Waals surface area contributed by atoms with Gasteiger partial charge in [0.2, 0.25) is 5.95 Å². The summed E-state index contributed by atoms with van der Waals surface area (Å²) in [5, 5.41) is 37.7. The summed E-state index contributed by atoms with van der Waals surface area (Å²) < 4.78 is 18.7. The van der Waals surface area contributed by atoms with Crippen molar-refractivity contribution in [1.29, 1.82) is 0 Å². The predicted molar refractivity (Wildman–Crippen MR) is 78.1 cm³/mol. The van der Waals surface area contributed by atoms with E-state index in [4.69, 9.17) is 26.3 Å². The van der Waals surface area contributed by atoms with Gasteiger partial charge in [0.25, 0.3) is 0 Å². The van der Waals surface area contributed by atoms with Gasteiger partial charge in [-0.1, -0.05) is 17.7 Å². The van der Waals surface area contributed by atoms with Crippen LogP contribution in [0.25, 0.3) is 0 Å². The first-order valence-corrected chi connectivity index (χ1v) is 6.55. The lowest BCUT2D eigenvalue weighted by Gasteiger charge is -2.38. The van der Waals surface area contributed by atoms with Crippen molar-refractivity contribution >= 4 is 36.8 Å². The highest BCUT2D eigenvalue weighted by Crippen LogP contribution is 2.25. The largest absolute Gasteiger partial charge is 0.494 e. The summed E-state index contributed by atoms with van der Waals surface area (Å²) in [5.41, 5.74) is -3.13. The molecule has 0 unspecified atom stereocenters. The topological polar surface area (TPSA) is 103 Å². The van der Waals surface area contributed by atoms with Crippen molar-refractivity contribution in [3.05, 3.63) is 17.2 Å². The van der Waals surface area contributed by atoms with E-state index in [1.165, 1.54) is 13.8 Å². The molecule has 6 nitrogen and oxygen atoms in total. The van der Waals surface area contributed by atoms with E-state index in [0.29, 0.717) is 0 Å². The first-order chi connectivity index (χ1) is 9.36. The molecule has 1 rings (SSSR count). The Bertz CT molecular complexity index is 524. The number of hydrogen-bond donors (Lipinski definition) is 4. The molecule has 0 aliphatic carbocycles. The predicted octanol–water partition coefficient (Wildman–Crippen LogP) is -1.19. The van der Waals surface area contributed by atoms with Gasteiger partial charge in [-0.15, -0.1) is 0 Å². The normalized spacial score (nSPS) is 12.5. The molecule has 0 spiro atoms. The van der Waals surface area contributed by atoms with Crippen LogP contribution in [-0.4, -0.2) is 50.6 Å². The van der Waals surface area contributed by atoms with Crippen LogP contribution < -0.4 is 10.9 Å². The van der Waals surface area contributed by atoms with Crippen LogP contribution in [0.3, 0.4) is 0 Å².